The zero-order valence-corrected chi connectivity index (χ0v) is 27.2. The second-order valence-corrected chi connectivity index (χ2v) is 27.4. The van der Waals surface area contributed by atoms with Crippen LogP contribution < -0.4 is 0 Å². The summed E-state index contributed by atoms with van der Waals surface area (Å²) in [4.78, 5) is 0. The summed E-state index contributed by atoms with van der Waals surface area (Å²) in [5.41, 5.74) is 11.7. The smallest absolute Gasteiger partial charge is 0.147 e. The van der Waals surface area contributed by atoms with Gasteiger partial charge in [0.2, 0.25) is 0 Å². The molecule has 0 spiro atoms. The molecule has 0 aliphatic heterocycles. The minimum atomic E-state index is -2.10. The first-order valence-corrected chi connectivity index (χ1v) is 21.1. The third-order valence-electron chi connectivity index (χ3n) is 7.62. The predicted molar refractivity (Wildman–Crippen MR) is 154 cm³/mol. The average molecular weight is 611 g/mol. The Balaban J connectivity index is 0.00000204. The van der Waals surface area contributed by atoms with Crippen LogP contribution in [0.4, 0.5) is 0 Å². The van der Waals surface area contributed by atoms with E-state index in [1.165, 1.54) is 35.1 Å². The number of fused-ring (bicyclic) bond motifs is 1. The SMILES string of the molecule is CCCC1=C(c2ccccc2)c2cccc(Cl)c2[CH]1[Zr]([C]1=C(C)C(C)=C(C)C1C)=[Si](C)C.Cl.Cl. The van der Waals surface area contributed by atoms with Crippen molar-refractivity contribution in [3.05, 3.63) is 95.8 Å². The Morgan fingerprint density at radius 3 is 2.09 bits per heavy atom. The van der Waals surface area contributed by atoms with Gasteiger partial charge in [-0.05, 0) is 0 Å². The van der Waals surface area contributed by atoms with E-state index < -0.39 is 25.8 Å². The molecule has 2 aliphatic rings. The van der Waals surface area contributed by atoms with E-state index in [0.717, 1.165) is 5.02 Å². The Kier molecular flexibility index (Phi) is 10.8. The van der Waals surface area contributed by atoms with Crippen molar-refractivity contribution in [1.29, 1.82) is 0 Å². The molecule has 0 saturated heterocycles. The zero-order chi connectivity index (χ0) is 23.2. The first-order valence-electron chi connectivity index (χ1n) is 11.9. The molecule has 182 valence electrons. The molecule has 2 unspecified atom stereocenters. The molecule has 2 aromatic rings. The van der Waals surface area contributed by atoms with Gasteiger partial charge >= 0.3 is 209 Å². The summed E-state index contributed by atoms with van der Waals surface area (Å²) in [6, 6.07) is 17.7. The number of halogens is 3. The van der Waals surface area contributed by atoms with Gasteiger partial charge in [-0.3, -0.25) is 0 Å². The van der Waals surface area contributed by atoms with Gasteiger partial charge in [0.1, 0.15) is 0 Å². The van der Waals surface area contributed by atoms with Gasteiger partial charge in [-0.2, -0.15) is 0 Å². The van der Waals surface area contributed by atoms with Crippen LogP contribution in [0.5, 0.6) is 0 Å². The van der Waals surface area contributed by atoms with Crippen LogP contribution in [0.2, 0.25) is 18.1 Å². The third-order valence-corrected chi connectivity index (χ3v) is 26.7. The molecule has 0 nitrogen and oxygen atoms in total. The molecule has 0 bridgehead atoms. The summed E-state index contributed by atoms with van der Waals surface area (Å²) in [5.74, 6) is 0.610. The molecule has 0 aromatic heterocycles. The quantitative estimate of drug-likeness (QED) is 0.296. The minimum Gasteiger partial charge on any atom is -0.147 e. The van der Waals surface area contributed by atoms with Crippen LogP contribution >= 0.6 is 36.4 Å². The molecule has 0 heterocycles. The van der Waals surface area contributed by atoms with Gasteiger partial charge in [0.05, 0.1) is 0 Å². The molecule has 0 radical (unpaired) electrons. The van der Waals surface area contributed by atoms with Gasteiger partial charge in [-0.1, -0.05) is 0 Å². The Labute approximate surface area is 232 Å². The van der Waals surface area contributed by atoms with Crippen LogP contribution in [-0.4, -0.2) is 5.43 Å². The first kappa shape index (κ1) is 29.9. The Morgan fingerprint density at radius 2 is 1.56 bits per heavy atom. The maximum absolute atomic E-state index is 7.06. The van der Waals surface area contributed by atoms with Gasteiger partial charge in [0.15, 0.2) is 0 Å². The van der Waals surface area contributed by atoms with E-state index in [-0.39, 0.29) is 24.8 Å². The van der Waals surface area contributed by atoms with E-state index >= 15 is 0 Å². The van der Waals surface area contributed by atoms with Crippen LogP contribution in [0.15, 0.2) is 74.1 Å². The summed E-state index contributed by atoms with van der Waals surface area (Å²) in [6.07, 6.45) is 2.36. The molecule has 0 N–H and O–H groups in total. The molecule has 2 atom stereocenters. The molecular formula is C29H37Cl3SiZr. The van der Waals surface area contributed by atoms with Crippen LogP contribution in [0.3, 0.4) is 0 Å². The standard InChI is InChI=1S/C18H16Cl.C9H13.C2H6Si.2ClH.Zr/c1-2-7-14-12-16-15(10-6-11-17(16)19)18(14)13-8-4-3-5-9-13;1-6-5-7(2)9(4)8(6)3;1-3-2;;;/h3-6,8-12H,2,7H2,1H3;6H,1-4H3;1-2H3;2*1H;. The summed E-state index contributed by atoms with van der Waals surface area (Å²) in [6.45, 7) is 17.1. The fraction of sp³-hybridized carbons (Fsp3) is 0.379. The van der Waals surface area contributed by atoms with E-state index in [1.807, 2.05) is 3.28 Å². The van der Waals surface area contributed by atoms with E-state index in [4.69, 9.17) is 11.6 Å². The topological polar surface area (TPSA) is 0 Å². The van der Waals surface area contributed by atoms with Crippen molar-refractivity contribution in [3.8, 4) is 0 Å². The molecule has 2 aliphatic carbocycles. The monoisotopic (exact) mass is 608 g/mol. The predicted octanol–water partition coefficient (Wildman–Crippen LogP) is 9.97. The van der Waals surface area contributed by atoms with Crippen molar-refractivity contribution >= 4 is 47.4 Å². The van der Waals surface area contributed by atoms with Crippen molar-refractivity contribution in [2.24, 2.45) is 5.92 Å². The Bertz CT molecular complexity index is 1200. The molecule has 0 saturated carbocycles. The number of hydrogen-bond acceptors (Lipinski definition) is 0. The van der Waals surface area contributed by atoms with Gasteiger partial charge in [0.25, 0.3) is 0 Å². The molecule has 0 amide bonds. The Hall–Kier alpha value is -0.370. The number of allylic oxidation sites excluding steroid dienone is 5. The van der Waals surface area contributed by atoms with E-state index in [9.17, 15) is 0 Å². The fourth-order valence-corrected chi connectivity index (χ4v) is 26.9. The molecule has 5 heteroatoms. The second kappa shape index (κ2) is 12.2. The molecule has 4 rings (SSSR count). The van der Waals surface area contributed by atoms with Gasteiger partial charge < -0.3 is 0 Å². The van der Waals surface area contributed by atoms with Crippen LogP contribution in [-0.2, 0) is 20.4 Å². The van der Waals surface area contributed by atoms with Crippen LogP contribution in [0, 0.1) is 5.92 Å². The molecule has 34 heavy (non-hydrogen) atoms. The van der Waals surface area contributed by atoms with Crippen LogP contribution in [0.25, 0.3) is 5.57 Å². The summed E-state index contributed by atoms with van der Waals surface area (Å²) in [7, 11) is 0. The minimum absolute atomic E-state index is 0. The average Bonchev–Trinajstić information content (AvgIpc) is 3.19. The first-order chi connectivity index (χ1) is 15.3. The van der Waals surface area contributed by atoms with Crippen molar-refractivity contribution in [2.75, 3.05) is 0 Å². The number of hydrogen-bond donors (Lipinski definition) is 0. The zero-order valence-electron chi connectivity index (χ0n) is 21.4. The normalized spacial score (nSPS) is 19.2. The van der Waals surface area contributed by atoms with E-state index in [2.05, 4.69) is 96.2 Å². The van der Waals surface area contributed by atoms with Gasteiger partial charge in [-0.25, -0.2) is 0 Å². The molecule has 0 fully saturated rings. The van der Waals surface area contributed by atoms with E-state index in [1.54, 1.807) is 22.3 Å². The molecule has 2 aromatic carbocycles. The number of benzene rings is 2. The van der Waals surface area contributed by atoms with Gasteiger partial charge in [-0.15, -0.1) is 24.8 Å². The van der Waals surface area contributed by atoms with Crippen molar-refractivity contribution < 1.29 is 20.4 Å². The summed E-state index contributed by atoms with van der Waals surface area (Å²) >= 11 is 4.96. The molecular weight excluding hydrogens is 574 g/mol. The second-order valence-electron chi connectivity index (χ2n) is 9.63. The van der Waals surface area contributed by atoms with Gasteiger partial charge in [0, 0.05) is 0 Å². The van der Waals surface area contributed by atoms with Crippen LogP contribution in [0.1, 0.15) is 67.8 Å². The third kappa shape index (κ3) is 5.05. The maximum Gasteiger partial charge on any atom is -0.147 e. The largest absolute Gasteiger partial charge is 0.147 e. The Morgan fingerprint density at radius 1 is 0.912 bits per heavy atom. The summed E-state index contributed by atoms with van der Waals surface area (Å²) < 4.78 is 2.45. The maximum atomic E-state index is 7.06. The summed E-state index contributed by atoms with van der Waals surface area (Å²) in [5, 5.41) is 0.985. The number of rotatable bonds is 5. The van der Waals surface area contributed by atoms with Crippen molar-refractivity contribution in [2.45, 2.75) is 64.2 Å². The van der Waals surface area contributed by atoms with Crippen molar-refractivity contribution in [3.63, 3.8) is 0 Å². The fourth-order valence-electron chi connectivity index (χ4n) is 5.86. The van der Waals surface area contributed by atoms with E-state index in [0.29, 0.717) is 9.54 Å². The van der Waals surface area contributed by atoms with Crippen molar-refractivity contribution in [1.82, 2.24) is 0 Å².